The average molecular weight is 278 g/mol. The molecule has 1 heterocycles. The highest BCUT2D eigenvalue weighted by atomic mass is 16.5. The first-order chi connectivity index (χ1) is 9.34. The van der Waals surface area contributed by atoms with E-state index in [0.29, 0.717) is 17.9 Å². The first-order valence-corrected chi connectivity index (χ1v) is 6.33. The molecular formula is C14H18N2O4. The molecule has 1 aromatic rings. The summed E-state index contributed by atoms with van der Waals surface area (Å²) in [5.74, 6) is -1.28. The first-order valence-electron chi connectivity index (χ1n) is 6.33. The standard InChI is InChI=1S/C14H18N2O4/c1-8-3-4-9(5-10(8)12(17)18)16-13(19)14(2)7-20-6-11(14)15/h3-5,11H,6-7,15H2,1-2H3,(H,16,19)(H,17,18). The average Bonchev–Trinajstić information content (AvgIpc) is 2.73. The maximum absolute atomic E-state index is 12.3. The van der Waals surface area contributed by atoms with Gasteiger partial charge in [0.05, 0.1) is 24.2 Å². The van der Waals surface area contributed by atoms with Gasteiger partial charge in [0, 0.05) is 11.7 Å². The molecule has 0 aromatic heterocycles. The third kappa shape index (κ3) is 2.52. The van der Waals surface area contributed by atoms with Gasteiger partial charge in [-0.15, -0.1) is 0 Å². The summed E-state index contributed by atoms with van der Waals surface area (Å²) in [7, 11) is 0. The van der Waals surface area contributed by atoms with Gasteiger partial charge in [0.2, 0.25) is 5.91 Å². The van der Waals surface area contributed by atoms with E-state index in [4.69, 9.17) is 15.6 Å². The zero-order valence-electron chi connectivity index (χ0n) is 11.5. The molecule has 0 radical (unpaired) electrons. The molecule has 20 heavy (non-hydrogen) atoms. The van der Waals surface area contributed by atoms with Gasteiger partial charge in [-0.1, -0.05) is 6.07 Å². The number of nitrogens with one attached hydrogen (secondary N) is 1. The Morgan fingerprint density at radius 1 is 1.50 bits per heavy atom. The Morgan fingerprint density at radius 2 is 2.20 bits per heavy atom. The summed E-state index contributed by atoms with van der Waals surface area (Å²) in [6.45, 7) is 4.05. The van der Waals surface area contributed by atoms with Gasteiger partial charge in [-0.25, -0.2) is 4.79 Å². The van der Waals surface area contributed by atoms with Crippen molar-refractivity contribution in [3.63, 3.8) is 0 Å². The molecule has 1 amide bonds. The number of carboxylic acids is 1. The zero-order chi connectivity index (χ0) is 14.9. The topological polar surface area (TPSA) is 102 Å². The Bertz CT molecular complexity index is 558. The number of hydrogen-bond acceptors (Lipinski definition) is 4. The maximum Gasteiger partial charge on any atom is 0.336 e. The van der Waals surface area contributed by atoms with Gasteiger partial charge < -0.3 is 20.9 Å². The molecule has 4 N–H and O–H groups in total. The SMILES string of the molecule is Cc1ccc(NC(=O)C2(C)COCC2N)cc1C(=O)O. The third-order valence-corrected chi connectivity index (χ3v) is 3.76. The van der Waals surface area contributed by atoms with Gasteiger partial charge in [-0.05, 0) is 31.5 Å². The lowest BCUT2D eigenvalue weighted by Crippen LogP contribution is -2.47. The Balaban J connectivity index is 2.20. The number of rotatable bonds is 3. The van der Waals surface area contributed by atoms with Crippen LogP contribution < -0.4 is 11.1 Å². The number of carbonyl (C=O) groups excluding carboxylic acids is 1. The molecule has 1 fully saturated rings. The minimum absolute atomic E-state index is 0.167. The maximum atomic E-state index is 12.3. The molecule has 6 nitrogen and oxygen atoms in total. The Kier molecular flexibility index (Phi) is 3.78. The molecule has 0 aliphatic carbocycles. The van der Waals surface area contributed by atoms with E-state index in [-0.39, 0.29) is 24.1 Å². The Hall–Kier alpha value is -1.92. The van der Waals surface area contributed by atoms with Crippen LogP contribution in [0.15, 0.2) is 18.2 Å². The van der Waals surface area contributed by atoms with Crippen molar-refractivity contribution in [2.45, 2.75) is 19.9 Å². The Labute approximate surface area is 116 Å². The molecule has 1 aliphatic heterocycles. The number of ether oxygens (including phenoxy) is 1. The summed E-state index contributed by atoms with van der Waals surface area (Å²) < 4.78 is 5.23. The highest BCUT2D eigenvalue weighted by Crippen LogP contribution is 2.29. The van der Waals surface area contributed by atoms with E-state index in [1.54, 1.807) is 26.0 Å². The van der Waals surface area contributed by atoms with Gasteiger partial charge in [0.25, 0.3) is 0 Å². The van der Waals surface area contributed by atoms with E-state index in [1.807, 2.05) is 0 Å². The number of nitrogens with two attached hydrogens (primary N) is 1. The van der Waals surface area contributed by atoms with Gasteiger partial charge in [-0.2, -0.15) is 0 Å². The smallest absolute Gasteiger partial charge is 0.336 e. The number of hydrogen-bond donors (Lipinski definition) is 3. The fourth-order valence-electron chi connectivity index (χ4n) is 2.13. The summed E-state index contributed by atoms with van der Waals surface area (Å²) >= 11 is 0. The number of amides is 1. The van der Waals surface area contributed by atoms with Crippen LogP contribution in [0.4, 0.5) is 5.69 Å². The van der Waals surface area contributed by atoms with Gasteiger partial charge in [0.1, 0.15) is 0 Å². The molecule has 6 heteroatoms. The van der Waals surface area contributed by atoms with Crippen molar-refractivity contribution in [1.29, 1.82) is 0 Å². The number of aromatic carboxylic acids is 1. The van der Waals surface area contributed by atoms with E-state index in [0.717, 1.165) is 0 Å². The molecule has 1 aliphatic rings. The van der Waals surface area contributed by atoms with E-state index in [2.05, 4.69) is 5.32 Å². The van der Waals surface area contributed by atoms with E-state index in [1.165, 1.54) is 6.07 Å². The lowest BCUT2D eigenvalue weighted by atomic mass is 9.85. The van der Waals surface area contributed by atoms with Crippen LogP contribution >= 0.6 is 0 Å². The Morgan fingerprint density at radius 3 is 2.75 bits per heavy atom. The molecule has 0 bridgehead atoms. The number of aryl methyl sites for hydroxylation is 1. The number of carbonyl (C=O) groups is 2. The monoisotopic (exact) mass is 278 g/mol. The number of anilines is 1. The summed E-state index contributed by atoms with van der Waals surface area (Å²) in [5, 5.41) is 11.8. The molecule has 0 spiro atoms. The second-order valence-electron chi connectivity index (χ2n) is 5.33. The molecule has 0 saturated carbocycles. The predicted molar refractivity (Wildman–Crippen MR) is 73.7 cm³/mol. The molecule has 1 saturated heterocycles. The van der Waals surface area contributed by atoms with Crippen LogP contribution in [-0.4, -0.2) is 36.2 Å². The quantitative estimate of drug-likeness (QED) is 0.765. The molecule has 2 unspecified atom stereocenters. The summed E-state index contributed by atoms with van der Waals surface area (Å²) in [4.78, 5) is 23.4. The first kappa shape index (κ1) is 14.5. The van der Waals surface area contributed by atoms with E-state index in [9.17, 15) is 9.59 Å². The molecule has 2 rings (SSSR count). The van der Waals surface area contributed by atoms with Crippen molar-refractivity contribution in [3.8, 4) is 0 Å². The van der Waals surface area contributed by atoms with Gasteiger partial charge >= 0.3 is 5.97 Å². The van der Waals surface area contributed by atoms with Crippen molar-refractivity contribution < 1.29 is 19.4 Å². The second kappa shape index (κ2) is 5.22. The zero-order valence-corrected chi connectivity index (χ0v) is 11.5. The third-order valence-electron chi connectivity index (χ3n) is 3.76. The van der Waals surface area contributed by atoms with Crippen molar-refractivity contribution >= 4 is 17.6 Å². The van der Waals surface area contributed by atoms with Crippen LogP contribution in [0.3, 0.4) is 0 Å². The van der Waals surface area contributed by atoms with E-state index < -0.39 is 11.4 Å². The lowest BCUT2D eigenvalue weighted by molar-refractivity contribution is -0.125. The molecule has 1 aromatic carbocycles. The normalized spacial score (nSPS) is 25.4. The largest absolute Gasteiger partial charge is 0.478 e. The predicted octanol–water partition coefficient (Wildman–Crippen LogP) is 0.996. The summed E-state index contributed by atoms with van der Waals surface area (Å²) in [6.07, 6.45) is 0. The minimum Gasteiger partial charge on any atom is -0.478 e. The van der Waals surface area contributed by atoms with Crippen LogP contribution in [0, 0.1) is 12.3 Å². The second-order valence-corrected chi connectivity index (χ2v) is 5.33. The van der Waals surface area contributed by atoms with Crippen molar-refractivity contribution in [3.05, 3.63) is 29.3 Å². The molecule has 2 atom stereocenters. The van der Waals surface area contributed by atoms with Crippen molar-refractivity contribution in [2.24, 2.45) is 11.1 Å². The van der Waals surface area contributed by atoms with Gasteiger partial charge in [0.15, 0.2) is 0 Å². The highest BCUT2D eigenvalue weighted by molar-refractivity contribution is 5.98. The van der Waals surface area contributed by atoms with Crippen LogP contribution in [0.2, 0.25) is 0 Å². The summed E-state index contributed by atoms with van der Waals surface area (Å²) in [6, 6.07) is 4.41. The summed E-state index contributed by atoms with van der Waals surface area (Å²) in [5.41, 5.74) is 6.34. The fraction of sp³-hybridized carbons (Fsp3) is 0.429. The number of carboxylic acid groups (broad SMARTS) is 1. The van der Waals surface area contributed by atoms with Crippen LogP contribution in [0.1, 0.15) is 22.8 Å². The lowest BCUT2D eigenvalue weighted by Gasteiger charge is -2.25. The fourth-order valence-corrected chi connectivity index (χ4v) is 2.13. The molecular weight excluding hydrogens is 260 g/mol. The molecule has 108 valence electrons. The highest BCUT2D eigenvalue weighted by Gasteiger charge is 2.44. The number of benzene rings is 1. The van der Waals surface area contributed by atoms with E-state index >= 15 is 0 Å². The minimum atomic E-state index is -1.02. The van der Waals surface area contributed by atoms with Crippen LogP contribution in [0.5, 0.6) is 0 Å². The van der Waals surface area contributed by atoms with Crippen LogP contribution in [0.25, 0.3) is 0 Å². The van der Waals surface area contributed by atoms with Crippen LogP contribution in [-0.2, 0) is 9.53 Å². The van der Waals surface area contributed by atoms with Crippen molar-refractivity contribution in [1.82, 2.24) is 0 Å². The van der Waals surface area contributed by atoms with Crippen molar-refractivity contribution in [2.75, 3.05) is 18.5 Å². The van der Waals surface area contributed by atoms with Gasteiger partial charge in [-0.3, -0.25) is 4.79 Å².